The Balaban J connectivity index is 0.00000300. The quantitative estimate of drug-likeness (QED) is 0.288. The van der Waals surface area contributed by atoms with Gasteiger partial charge in [0.1, 0.15) is 12.4 Å². The summed E-state index contributed by atoms with van der Waals surface area (Å²) in [6.45, 7) is 9.01. The lowest BCUT2D eigenvalue weighted by molar-refractivity contribution is 0.104. The number of aromatic nitrogens is 3. The Bertz CT molecular complexity index is 764. The molecule has 162 valence electrons. The summed E-state index contributed by atoms with van der Waals surface area (Å²) in [6, 6.07) is 4.29. The van der Waals surface area contributed by atoms with Crippen LogP contribution >= 0.6 is 35.3 Å². The summed E-state index contributed by atoms with van der Waals surface area (Å²) < 4.78 is 2.00. The van der Waals surface area contributed by atoms with Gasteiger partial charge in [0.05, 0.1) is 0 Å². The third-order valence-electron chi connectivity index (χ3n) is 5.69. The van der Waals surface area contributed by atoms with E-state index >= 15 is 0 Å². The number of hydrogen-bond donors (Lipinski definition) is 2. The van der Waals surface area contributed by atoms with E-state index in [1.54, 1.807) is 11.3 Å². The number of hydrogen-bond acceptors (Lipinski definition) is 4. The summed E-state index contributed by atoms with van der Waals surface area (Å²) in [6.07, 6.45) is 6.29. The van der Waals surface area contributed by atoms with Crippen LogP contribution in [0.2, 0.25) is 0 Å². The van der Waals surface area contributed by atoms with Crippen molar-refractivity contribution < 1.29 is 0 Å². The standard InChI is InChI=1S/C21H34N6S.HI/c1-16(2)13-21(9-6-10-21)15-24-20(22-11-8-18-7-5-12-28-18)23-14-19-26-25-17(3)27(19)4;/h5,7,12,16H,6,8-11,13-15H2,1-4H3,(H2,22,23,24);1H. The number of nitrogens with one attached hydrogen (secondary N) is 2. The van der Waals surface area contributed by atoms with Gasteiger partial charge in [0.25, 0.3) is 0 Å². The zero-order valence-electron chi connectivity index (χ0n) is 18.1. The molecule has 0 atom stereocenters. The van der Waals surface area contributed by atoms with Gasteiger partial charge >= 0.3 is 0 Å². The van der Waals surface area contributed by atoms with Crippen LogP contribution in [-0.4, -0.2) is 33.8 Å². The summed E-state index contributed by atoms with van der Waals surface area (Å²) in [5, 5.41) is 17.6. The van der Waals surface area contributed by atoms with E-state index in [4.69, 9.17) is 4.99 Å². The van der Waals surface area contributed by atoms with Crippen molar-refractivity contribution >= 4 is 41.3 Å². The van der Waals surface area contributed by atoms with Crippen LogP contribution in [-0.2, 0) is 20.0 Å². The molecule has 0 aromatic carbocycles. The van der Waals surface area contributed by atoms with Gasteiger partial charge in [-0.05, 0) is 55.4 Å². The Morgan fingerprint density at radius 2 is 2.10 bits per heavy atom. The minimum Gasteiger partial charge on any atom is -0.356 e. The first kappa shape index (κ1) is 24.1. The normalized spacial score (nSPS) is 15.7. The van der Waals surface area contributed by atoms with Crippen LogP contribution in [0.15, 0.2) is 22.5 Å². The maximum Gasteiger partial charge on any atom is 0.191 e. The fraction of sp³-hybridized carbons (Fsp3) is 0.667. The van der Waals surface area contributed by atoms with Gasteiger partial charge < -0.3 is 15.2 Å². The molecular formula is C21H35IN6S. The third kappa shape index (κ3) is 6.94. The molecule has 0 radical (unpaired) electrons. The maximum atomic E-state index is 4.80. The number of nitrogens with zero attached hydrogens (tertiary/aromatic N) is 4. The first-order valence-corrected chi connectivity index (χ1v) is 11.2. The van der Waals surface area contributed by atoms with Gasteiger partial charge in [-0.1, -0.05) is 26.3 Å². The van der Waals surface area contributed by atoms with Crippen molar-refractivity contribution in [2.75, 3.05) is 13.1 Å². The van der Waals surface area contributed by atoms with E-state index in [9.17, 15) is 0 Å². The van der Waals surface area contributed by atoms with Crippen molar-refractivity contribution in [1.82, 2.24) is 25.4 Å². The van der Waals surface area contributed by atoms with Crippen molar-refractivity contribution in [2.24, 2.45) is 23.4 Å². The molecule has 1 fully saturated rings. The number of halogens is 1. The Morgan fingerprint density at radius 1 is 1.31 bits per heavy atom. The summed E-state index contributed by atoms with van der Waals surface area (Å²) in [4.78, 5) is 6.20. The van der Waals surface area contributed by atoms with E-state index in [0.717, 1.165) is 43.0 Å². The summed E-state index contributed by atoms with van der Waals surface area (Å²) in [5.41, 5.74) is 0.436. The highest BCUT2D eigenvalue weighted by atomic mass is 127. The van der Waals surface area contributed by atoms with E-state index in [0.29, 0.717) is 12.0 Å². The van der Waals surface area contributed by atoms with E-state index in [2.05, 4.69) is 52.2 Å². The molecule has 2 aromatic rings. The predicted octanol–water partition coefficient (Wildman–Crippen LogP) is 4.30. The van der Waals surface area contributed by atoms with E-state index < -0.39 is 0 Å². The second-order valence-electron chi connectivity index (χ2n) is 8.45. The van der Waals surface area contributed by atoms with E-state index in [1.807, 2.05) is 18.5 Å². The van der Waals surface area contributed by atoms with Crippen LogP contribution in [0.4, 0.5) is 0 Å². The topological polar surface area (TPSA) is 67.1 Å². The van der Waals surface area contributed by atoms with Crippen molar-refractivity contribution in [3.63, 3.8) is 0 Å². The molecule has 6 nitrogen and oxygen atoms in total. The molecule has 0 bridgehead atoms. The van der Waals surface area contributed by atoms with Crippen LogP contribution in [0.3, 0.4) is 0 Å². The molecule has 0 spiro atoms. The van der Waals surface area contributed by atoms with Gasteiger partial charge in [-0.25, -0.2) is 4.99 Å². The summed E-state index contributed by atoms with van der Waals surface area (Å²) in [7, 11) is 1.99. The van der Waals surface area contributed by atoms with Crippen molar-refractivity contribution in [1.29, 1.82) is 0 Å². The molecule has 2 heterocycles. The number of aliphatic imine (C=N–C) groups is 1. The lowest BCUT2D eigenvalue weighted by Gasteiger charge is -2.43. The number of guanidine groups is 1. The Labute approximate surface area is 196 Å². The molecule has 2 aromatic heterocycles. The van der Waals surface area contributed by atoms with Crippen molar-refractivity contribution in [3.05, 3.63) is 34.0 Å². The molecule has 0 saturated heterocycles. The van der Waals surface area contributed by atoms with Gasteiger partial charge in [-0.3, -0.25) is 0 Å². The third-order valence-corrected chi connectivity index (χ3v) is 6.63. The van der Waals surface area contributed by atoms with Gasteiger partial charge in [-0.2, -0.15) is 0 Å². The summed E-state index contributed by atoms with van der Waals surface area (Å²) >= 11 is 1.80. The monoisotopic (exact) mass is 530 g/mol. The Kier molecular flexibility index (Phi) is 9.39. The van der Waals surface area contributed by atoms with Gasteiger partial charge in [0, 0.05) is 25.0 Å². The van der Waals surface area contributed by atoms with Crippen molar-refractivity contribution in [3.8, 4) is 0 Å². The molecule has 1 saturated carbocycles. The number of thiophene rings is 1. The molecular weight excluding hydrogens is 495 g/mol. The fourth-order valence-electron chi connectivity index (χ4n) is 3.94. The van der Waals surface area contributed by atoms with Gasteiger partial charge in [0.15, 0.2) is 11.8 Å². The first-order valence-electron chi connectivity index (χ1n) is 10.4. The van der Waals surface area contributed by atoms with Crippen LogP contribution in [0.25, 0.3) is 0 Å². The van der Waals surface area contributed by atoms with E-state index in [1.165, 1.54) is 30.6 Å². The molecule has 1 aliphatic carbocycles. The van der Waals surface area contributed by atoms with Crippen LogP contribution in [0.1, 0.15) is 56.1 Å². The molecule has 8 heteroatoms. The average Bonchev–Trinajstić information content (AvgIpc) is 3.25. The van der Waals surface area contributed by atoms with Gasteiger partial charge in [0.2, 0.25) is 0 Å². The van der Waals surface area contributed by atoms with Crippen LogP contribution in [0.5, 0.6) is 0 Å². The molecule has 2 N–H and O–H groups in total. The largest absolute Gasteiger partial charge is 0.356 e. The zero-order chi connectivity index (χ0) is 20.0. The van der Waals surface area contributed by atoms with Gasteiger partial charge in [-0.15, -0.1) is 45.5 Å². The summed E-state index contributed by atoms with van der Waals surface area (Å²) in [5.74, 6) is 3.41. The lowest BCUT2D eigenvalue weighted by atomic mass is 9.64. The second-order valence-corrected chi connectivity index (χ2v) is 9.48. The second kappa shape index (κ2) is 11.3. The predicted molar refractivity (Wildman–Crippen MR) is 132 cm³/mol. The van der Waals surface area contributed by atoms with Crippen LogP contribution in [0, 0.1) is 18.3 Å². The fourth-order valence-corrected chi connectivity index (χ4v) is 4.65. The highest BCUT2D eigenvalue weighted by molar-refractivity contribution is 14.0. The lowest BCUT2D eigenvalue weighted by Crippen LogP contribution is -2.47. The SMILES string of the molecule is Cc1nnc(CN=C(NCCc2cccs2)NCC2(CC(C)C)CCC2)n1C.I. The highest BCUT2D eigenvalue weighted by Gasteiger charge is 2.37. The number of rotatable bonds is 9. The van der Waals surface area contributed by atoms with Crippen molar-refractivity contribution in [2.45, 2.75) is 59.4 Å². The minimum atomic E-state index is 0. The Hall–Kier alpha value is -1.16. The minimum absolute atomic E-state index is 0. The first-order chi connectivity index (χ1) is 13.5. The zero-order valence-corrected chi connectivity index (χ0v) is 21.2. The molecule has 0 aliphatic heterocycles. The smallest absolute Gasteiger partial charge is 0.191 e. The van der Waals surface area contributed by atoms with E-state index in [-0.39, 0.29) is 24.0 Å². The average molecular weight is 531 g/mol. The molecule has 0 unspecified atom stereocenters. The molecule has 0 amide bonds. The molecule has 1 aliphatic rings. The molecule has 29 heavy (non-hydrogen) atoms. The number of aryl methyl sites for hydroxylation is 1. The maximum absolute atomic E-state index is 4.80. The molecule has 3 rings (SSSR count). The highest BCUT2D eigenvalue weighted by Crippen LogP contribution is 2.45. The Morgan fingerprint density at radius 3 is 2.66 bits per heavy atom. The van der Waals surface area contributed by atoms with Crippen LogP contribution < -0.4 is 10.6 Å².